The van der Waals surface area contributed by atoms with Crippen molar-refractivity contribution in [2.45, 2.75) is 19.4 Å². The maximum absolute atomic E-state index is 5.21. The number of nitrogens with one attached hydrogen (secondary N) is 2. The van der Waals surface area contributed by atoms with Crippen molar-refractivity contribution in [3.63, 3.8) is 0 Å². The van der Waals surface area contributed by atoms with Gasteiger partial charge < -0.3 is 10.1 Å². The molecule has 0 spiro atoms. The highest BCUT2D eigenvalue weighted by molar-refractivity contribution is 5.39. The van der Waals surface area contributed by atoms with Crippen molar-refractivity contribution in [2.75, 3.05) is 24.5 Å². The second-order valence-electron chi connectivity index (χ2n) is 3.24. The minimum atomic E-state index is 0.297. The minimum absolute atomic E-state index is 0.297. The van der Waals surface area contributed by atoms with E-state index in [1.54, 1.807) is 19.4 Å². The van der Waals surface area contributed by atoms with E-state index < -0.39 is 0 Å². The Hall–Kier alpha value is -1.40. The van der Waals surface area contributed by atoms with Gasteiger partial charge >= 0.3 is 0 Å². The molecule has 15 heavy (non-hydrogen) atoms. The molecule has 1 unspecified atom stereocenters. The Labute approximate surface area is 89.2 Å². The van der Waals surface area contributed by atoms with Gasteiger partial charge in [0.2, 0.25) is 5.95 Å². The van der Waals surface area contributed by atoms with E-state index in [2.05, 4.69) is 27.6 Å². The number of hydrazine groups is 1. The highest BCUT2D eigenvalue weighted by atomic mass is 16.5. The Morgan fingerprint density at radius 1 is 1.60 bits per heavy atom. The number of nitrogens with two attached hydrogens (primary N) is 1. The van der Waals surface area contributed by atoms with Gasteiger partial charge in [-0.1, -0.05) is 0 Å². The van der Waals surface area contributed by atoms with Gasteiger partial charge in [0.25, 0.3) is 0 Å². The van der Waals surface area contributed by atoms with Gasteiger partial charge in [-0.25, -0.2) is 10.8 Å². The van der Waals surface area contributed by atoms with Crippen LogP contribution in [0, 0.1) is 0 Å². The molecule has 0 fully saturated rings. The van der Waals surface area contributed by atoms with Gasteiger partial charge in [0.15, 0.2) is 0 Å². The zero-order valence-corrected chi connectivity index (χ0v) is 9.03. The molecule has 0 amide bonds. The van der Waals surface area contributed by atoms with Gasteiger partial charge in [-0.15, -0.1) is 0 Å². The second kappa shape index (κ2) is 6.15. The van der Waals surface area contributed by atoms with Gasteiger partial charge in [-0.2, -0.15) is 4.98 Å². The van der Waals surface area contributed by atoms with Gasteiger partial charge in [0, 0.05) is 26.0 Å². The quantitative estimate of drug-likeness (QED) is 0.472. The van der Waals surface area contributed by atoms with Crippen LogP contribution in [0.2, 0.25) is 0 Å². The molecule has 1 aromatic heterocycles. The number of aromatic nitrogens is 2. The fourth-order valence-electron chi connectivity index (χ4n) is 1.13. The Balaban J connectivity index is 2.48. The maximum Gasteiger partial charge on any atom is 0.239 e. The Bertz CT molecular complexity index is 294. The molecule has 1 heterocycles. The van der Waals surface area contributed by atoms with Gasteiger partial charge in [-0.05, 0) is 19.4 Å². The Morgan fingerprint density at radius 3 is 3.07 bits per heavy atom. The molecule has 4 N–H and O–H groups in total. The van der Waals surface area contributed by atoms with Crippen molar-refractivity contribution in [1.82, 2.24) is 9.97 Å². The van der Waals surface area contributed by atoms with Gasteiger partial charge in [0.05, 0.1) is 0 Å². The molecule has 6 heteroatoms. The molecule has 0 aliphatic carbocycles. The van der Waals surface area contributed by atoms with Crippen LogP contribution in [0.5, 0.6) is 0 Å². The lowest BCUT2D eigenvalue weighted by Crippen LogP contribution is -2.19. The number of nitrogen functional groups attached to an aromatic ring is 1. The molecule has 0 aliphatic heterocycles. The third kappa shape index (κ3) is 4.09. The number of rotatable bonds is 6. The van der Waals surface area contributed by atoms with Crippen LogP contribution in [-0.4, -0.2) is 29.7 Å². The van der Waals surface area contributed by atoms with E-state index in [0.29, 0.717) is 12.0 Å². The van der Waals surface area contributed by atoms with E-state index in [1.165, 1.54) is 0 Å². The average Bonchev–Trinajstić information content (AvgIpc) is 2.26. The number of methoxy groups -OCH3 is 1. The summed E-state index contributed by atoms with van der Waals surface area (Å²) in [6.45, 7) is 2.79. The fourth-order valence-corrected chi connectivity index (χ4v) is 1.13. The summed E-state index contributed by atoms with van der Waals surface area (Å²) in [6, 6.07) is 2.09. The average molecular weight is 211 g/mol. The summed E-state index contributed by atoms with van der Waals surface area (Å²) in [5.41, 5.74) is 2.40. The highest BCUT2D eigenvalue weighted by Gasteiger charge is 2.03. The van der Waals surface area contributed by atoms with Crippen LogP contribution in [0.1, 0.15) is 13.3 Å². The van der Waals surface area contributed by atoms with Crippen molar-refractivity contribution in [3.8, 4) is 0 Å². The molecule has 0 saturated carbocycles. The largest absolute Gasteiger partial charge is 0.385 e. The second-order valence-corrected chi connectivity index (χ2v) is 3.24. The Kier molecular flexibility index (Phi) is 4.79. The van der Waals surface area contributed by atoms with E-state index in [4.69, 9.17) is 10.6 Å². The van der Waals surface area contributed by atoms with E-state index in [1.807, 2.05) is 0 Å². The van der Waals surface area contributed by atoms with Crippen molar-refractivity contribution < 1.29 is 4.74 Å². The van der Waals surface area contributed by atoms with Crippen LogP contribution >= 0.6 is 0 Å². The zero-order chi connectivity index (χ0) is 11.1. The summed E-state index contributed by atoms with van der Waals surface area (Å²) in [5, 5.41) is 3.22. The molecule has 0 aliphatic rings. The van der Waals surface area contributed by atoms with Gasteiger partial charge in [0.1, 0.15) is 5.82 Å². The van der Waals surface area contributed by atoms with Gasteiger partial charge in [-0.3, -0.25) is 5.43 Å². The molecule has 1 aromatic rings. The summed E-state index contributed by atoms with van der Waals surface area (Å²) in [7, 11) is 1.69. The lowest BCUT2D eigenvalue weighted by molar-refractivity contribution is 0.191. The summed E-state index contributed by atoms with van der Waals surface area (Å²) >= 11 is 0. The Morgan fingerprint density at radius 2 is 2.40 bits per heavy atom. The van der Waals surface area contributed by atoms with E-state index in [0.717, 1.165) is 18.8 Å². The van der Waals surface area contributed by atoms with E-state index >= 15 is 0 Å². The minimum Gasteiger partial charge on any atom is -0.385 e. The number of anilines is 2. The molecule has 84 valence electrons. The molecular formula is C9H17N5O. The first-order chi connectivity index (χ1) is 7.26. The van der Waals surface area contributed by atoms with Crippen molar-refractivity contribution in [1.29, 1.82) is 0 Å². The van der Waals surface area contributed by atoms with Crippen LogP contribution in [0.25, 0.3) is 0 Å². The molecule has 6 nitrogen and oxygen atoms in total. The van der Waals surface area contributed by atoms with Crippen LogP contribution in [0.4, 0.5) is 11.8 Å². The predicted octanol–water partition coefficient (Wildman–Crippen LogP) is 0.599. The first kappa shape index (κ1) is 11.7. The number of ether oxygens (including phenoxy) is 1. The monoisotopic (exact) mass is 211 g/mol. The number of nitrogens with zero attached hydrogens (tertiary/aromatic N) is 2. The SMILES string of the molecule is COCCC(C)Nc1ccnc(NN)n1. The summed E-state index contributed by atoms with van der Waals surface area (Å²) in [4.78, 5) is 8.06. The molecule has 0 aromatic carbocycles. The third-order valence-electron chi connectivity index (χ3n) is 1.93. The van der Waals surface area contributed by atoms with Crippen LogP contribution in [-0.2, 0) is 4.74 Å². The molecule has 0 bridgehead atoms. The topological polar surface area (TPSA) is 85.1 Å². The predicted molar refractivity (Wildman–Crippen MR) is 59.4 cm³/mol. The summed E-state index contributed by atoms with van der Waals surface area (Å²) < 4.78 is 4.99. The maximum atomic E-state index is 5.21. The molecule has 1 atom stereocenters. The normalized spacial score (nSPS) is 12.2. The molecule has 1 rings (SSSR count). The van der Waals surface area contributed by atoms with E-state index in [-0.39, 0.29) is 0 Å². The number of hydrogen-bond donors (Lipinski definition) is 3. The summed E-state index contributed by atoms with van der Waals surface area (Å²) in [6.07, 6.45) is 2.57. The van der Waals surface area contributed by atoms with Crippen molar-refractivity contribution in [2.24, 2.45) is 5.84 Å². The zero-order valence-electron chi connectivity index (χ0n) is 9.03. The highest BCUT2D eigenvalue weighted by Crippen LogP contribution is 2.07. The molecular weight excluding hydrogens is 194 g/mol. The summed E-state index contributed by atoms with van der Waals surface area (Å²) in [5.74, 6) is 6.36. The first-order valence-corrected chi connectivity index (χ1v) is 4.81. The van der Waals surface area contributed by atoms with E-state index in [9.17, 15) is 0 Å². The van der Waals surface area contributed by atoms with Crippen LogP contribution in [0.3, 0.4) is 0 Å². The third-order valence-corrected chi connectivity index (χ3v) is 1.93. The molecule has 0 saturated heterocycles. The smallest absolute Gasteiger partial charge is 0.239 e. The standard InChI is InChI=1S/C9H17N5O/c1-7(4-6-15-2)12-8-3-5-11-9(13-8)14-10/h3,5,7H,4,6,10H2,1-2H3,(H2,11,12,13,14). The lowest BCUT2D eigenvalue weighted by atomic mass is 10.2. The number of hydrogen-bond acceptors (Lipinski definition) is 6. The van der Waals surface area contributed by atoms with Crippen LogP contribution in [0.15, 0.2) is 12.3 Å². The van der Waals surface area contributed by atoms with Crippen LogP contribution < -0.4 is 16.6 Å². The first-order valence-electron chi connectivity index (χ1n) is 4.81. The fraction of sp³-hybridized carbons (Fsp3) is 0.556. The molecule has 0 radical (unpaired) electrons. The van der Waals surface area contributed by atoms with Crippen molar-refractivity contribution in [3.05, 3.63) is 12.3 Å². The van der Waals surface area contributed by atoms with Crippen molar-refractivity contribution >= 4 is 11.8 Å². The lowest BCUT2D eigenvalue weighted by Gasteiger charge is -2.13.